The molecular weight excluding hydrogens is 747 g/mol. The standard InChI is InChI=1S/C31H41IN4O10S/c1-6-45-25(37)12-13-26(38)46-31(3,18-32)27(39)21(14-20-10-8-7-9-11-20)34-28(40)22(16-43-4)35-29(41)23(17-44-5)36-30(42)24-15-33-19(2)47-24/h7-11,15,21-23H,6,12-14,16-18H2,1-5H3,(H,34,40)(H,35,41)(H,36,42)/t21?,22-,23-,31+/m0/s1. The summed E-state index contributed by atoms with van der Waals surface area (Å²) in [5, 5.41) is 8.53. The number of halogens is 1. The molecule has 0 aliphatic carbocycles. The Balaban J connectivity index is 2.26. The number of carbonyl (C=O) groups excluding carboxylic acids is 6. The number of esters is 2. The maximum absolute atomic E-state index is 14.0. The first-order chi connectivity index (χ1) is 22.4. The van der Waals surface area contributed by atoms with Crippen LogP contribution >= 0.6 is 33.9 Å². The highest BCUT2D eigenvalue weighted by molar-refractivity contribution is 14.1. The molecule has 0 spiro atoms. The molecule has 0 saturated heterocycles. The van der Waals surface area contributed by atoms with Crippen LogP contribution in [0.4, 0.5) is 0 Å². The number of nitrogens with zero attached hydrogens (tertiary/aromatic N) is 1. The summed E-state index contributed by atoms with van der Waals surface area (Å²) < 4.78 is 20.8. The van der Waals surface area contributed by atoms with Gasteiger partial charge in [0.25, 0.3) is 5.91 Å². The van der Waals surface area contributed by atoms with Gasteiger partial charge in [-0.15, -0.1) is 11.3 Å². The van der Waals surface area contributed by atoms with E-state index in [-0.39, 0.29) is 43.5 Å². The fourth-order valence-electron chi connectivity index (χ4n) is 4.25. The van der Waals surface area contributed by atoms with E-state index < -0.39 is 59.2 Å². The molecule has 4 atom stereocenters. The number of Topliss-reactive ketones (excluding diaryl/α,β-unsaturated/α-hetero) is 1. The maximum atomic E-state index is 14.0. The Bertz CT molecular complexity index is 1380. The van der Waals surface area contributed by atoms with Crippen LogP contribution in [0.15, 0.2) is 36.5 Å². The molecule has 258 valence electrons. The summed E-state index contributed by atoms with van der Waals surface area (Å²) in [6.45, 7) is 4.53. The van der Waals surface area contributed by atoms with Gasteiger partial charge in [-0.25, -0.2) is 4.98 Å². The van der Waals surface area contributed by atoms with Crippen LogP contribution < -0.4 is 16.0 Å². The number of ether oxygens (including phenoxy) is 4. The Hall–Kier alpha value is -3.48. The van der Waals surface area contributed by atoms with E-state index in [1.54, 1.807) is 44.2 Å². The zero-order valence-corrected chi connectivity index (χ0v) is 29.9. The SMILES string of the molecule is CCOC(=O)CCC(=O)O[C@](C)(CI)C(=O)C(Cc1ccccc1)NC(=O)[C@H](COC)NC(=O)[C@H](COC)NC(=O)c1cnc(C)s1. The van der Waals surface area contributed by atoms with E-state index in [0.717, 1.165) is 11.3 Å². The topological polar surface area (TPSA) is 188 Å². The van der Waals surface area contributed by atoms with Crippen molar-refractivity contribution in [2.24, 2.45) is 0 Å². The minimum absolute atomic E-state index is 0.0439. The highest BCUT2D eigenvalue weighted by Gasteiger charge is 2.42. The lowest BCUT2D eigenvalue weighted by atomic mass is 9.92. The number of aryl methyl sites for hydroxylation is 1. The Kier molecular flexibility index (Phi) is 16.9. The molecule has 0 bridgehead atoms. The Morgan fingerprint density at radius 3 is 2.00 bits per heavy atom. The molecule has 16 heteroatoms. The molecule has 3 N–H and O–H groups in total. The summed E-state index contributed by atoms with van der Waals surface area (Å²) in [5.74, 6) is -3.96. The summed E-state index contributed by atoms with van der Waals surface area (Å²) >= 11 is 3.07. The van der Waals surface area contributed by atoms with Gasteiger partial charge in [0.15, 0.2) is 11.4 Å². The average molecular weight is 789 g/mol. The number of hydrogen-bond acceptors (Lipinski definition) is 12. The molecule has 2 rings (SSSR count). The van der Waals surface area contributed by atoms with Crippen molar-refractivity contribution in [3.8, 4) is 0 Å². The molecule has 0 fully saturated rings. The normalized spacial score (nSPS) is 14.1. The van der Waals surface area contributed by atoms with Gasteiger partial charge < -0.3 is 34.9 Å². The van der Waals surface area contributed by atoms with Crippen LogP contribution in [-0.4, -0.2) is 103 Å². The number of aromatic nitrogens is 1. The van der Waals surface area contributed by atoms with Crippen LogP contribution in [0.3, 0.4) is 0 Å². The van der Waals surface area contributed by atoms with Gasteiger partial charge in [0.2, 0.25) is 11.8 Å². The number of amides is 3. The van der Waals surface area contributed by atoms with Crippen molar-refractivity contribution in [3.05, 3.63) is 52.0 Å². The number of benzene rings is 1. The average Bonchev–Trinajstić information content (AvgIpc) is 3.49. The highest BCUT2D eigenvalue weighted by Crippen LogP contribution is 2.21. The molecule has 0 radical (unpaired) electrons. The predicted molar refractivity (Wildman–Crippen MR) is 180 cm³/mol. The number of alkyl halides is 1. The minimum Gasteiger partial charge on any atom is -0.466 e. The quantitative estimate of drug-likeness (QED) is 0.101. The number of methoxy groups -OCH3 is 2. The number of hydrogen-bond donors (Lipinski definition) is 3. The molecule has 14 nitrogen and oxygen atoms in total. The molecule has 1 aromatic carbocycles. The second kappa shape index (κ2) is 20.0. The van der Waals surface area contributed by atoms with Gasteiger partial charge in [-0.05, 0) is 32.8 Å². The summed E-state index contributed by atoms with van der Waals surface area (Å²) in [4.78, 5) is 82.3. The number of nitrogens with one attached hydrogen (secondary N) is 3. The van der Waals surface area contributed by atoms with E-state index in [9.17, 15) is 28.8 Å². The van der Waals surface area contributed by atoms with Crippen LogP contribution in [0, 0.1) is 6.92 Å². The lowest BCUT2D eigenvalue weighted by Crippen LogP contribution is -2.60. The molecule has 1 aromatic heterocycles. The Morgan fingerprint density at radius 1 is 0.894 bits per heavy atom. The molecular formula is C31H41IN4O10S. The predicted octanol–water partition coefficient (Wildman–Crippen LogP) is 1.70. The first-order valence-electron chi connectivity index (χ1n) is 14.7. The van der Waals surface area contributed by atoms with Gasteiger partial charge in [0, 0.05) is 18.6 Å². The van der Waals surface area contributed by atoms with Crippen molar-refractivity contribution in [2.45, 2.75) is 63.8 Å². The number of thiazole rings is 1. The molecule has 0 aliphatic heterocycles. The fourth-order valence-corrected chi connectivity index (χ4v) is 5.46. The lowest BCUT2D eigenvalue weighted by Gasteiger charge is -2.31. The smallest absolute Gasteiger partial charge is 0.307 e. The van der Waals surface area contributed by atoms with Crippen molar-refractivity contribution in [1.29, 1.82) is 0 Å². The van der Waals surface area contributed by atoms with Crippen molar-refractivity contribution < 1.29 is 47.7 Å². The third-order valence-corrected chi connectivity index (χ3v) is 9.00. The maximum Gasteiger partial charge on any atom is 0.307 e. The van der Waals surface area contributed by atoms with Crippen molar-refractivity contribution in [2.75, 3.05) is 38.5 Å². The van der Waals surface area contributed by atoms with Crippen LogP contribution in [0.2, 0.25) is 0 Å². The van der Waals surface area contributed by atoms with Crippen LogP contribution in [0.1, 0.15) is 46.9 Å². The van der Waals surface area contributed by atoms with Crippen molar-refractivity contribution in [1.82, 2.24) is 20.9 Å². The third-order valence-electron chi connectivity index (χ3n) is 6.64. The van der Waals surface area contributed by atoms with Gasteiger partial charge in [-0.3, -0.25) is 28.8 Å². The van der Waals surface area contributed by atoms with Crippen LogP contribution in [0.25, 0.3) is 0 Å². The first kappa shape index (κ1) is 39.7. The summed E-state index contributed by atoms with van der Waals surface area (Å²) in [7, 11) is 2.69. The summed E-state index contributed by atoms with van der Waals surface area (Å²) in [6, 6.07) is 5.26. The van der Waals surface area contributed by atoms with Gasteiger partial charge in [0.1, 0.15) is 17.0 Å². The highest BCUT2D eigenvalue weighted by atomic mass is 127. The van der Waals surface area contributed by atoms with Gasteiger partial charge in [0.05, 0.1) is 49.9 Å². The van der Waals surface area contributed by atoms with Gasteiger partial charge >= 0.3 is 11.9 Å². The summed E-state index contributed by atoms with van der Waals surface area (Å²) in [6.07, 6.45) is 0.929. The van der Waals surface area contributed by atoms with E-state index in [0.29, 0.717) is 15.4 Å². The summed E-state index contributed by atoms with van der Waals surface area (Å²) in [5.41, 5.74) is -0.953. The number of rotatable bonds is 20. The lowest BCUT2D eigenvalue weighted by molar-refractivity contribution is -0.165. The van der Waals surface area contributed by atoms with E-state index in [4.69, 9.17) is 18.9 Å². The second-order valence-corrected chi connectivity index (χ2v) is 12.5. The molecule has 3 amide bonds. The molecule has 0 aliphatic rings. The molecule has 0 saturated carbocycles. The van der Waals surface area contributed by atoms with Gasteiger partial charge in [-0.2, -0.15) is 0 Å². The van der Waals surface area contributed by atoms with Crippen molar-refractivity contribution in [3.63, 3.8) is 0 Å². The van der Waals surface area contributed by atoms with E-state index in [1.807, 2.05) is 22.6 Å². The van der Waals surface area contributed by atoms with Crippen LogP contribution in [0.5, 0.6) is 0 Å². The third kappa shape index (κ3) is 12.9. The van der Waals surface area contributed by atoms with E-state index >= 15 is 0 Å². The Labute approximate surface area is 291 Å². The van der Waals surface area contributed by atoms with Crippen molar-refractivity contribution >= 4 is 69.4 Å². The fraction of sp³-hybridized carbons (Fsp3) is 0.516. The van der Waals surface area contributed by atoms with E-state index in [1.165, 1.54) is 27.3 Å². The zero-order valence-electron chi connectivity index (χ0n) is 27.0. The zero-order chi connectivity index (χ0) is 35.0. The minimum atomic E-state index is -1.66. The number of carbonyl (C=O) groups is 6. The van der Waals surface area contributed by atoms with E-state index in [2.05, 4.69) is 20.9 Å². The van der Waals surface area contributed by atoms with Crippen LogP contribution in [-0.2, 0) is 49.3 Å². The second-order valence-electron chi connectivity index (χ2n) is 10.5. The number of ketones is 1. The Morgan fingerprint density at radius 2 is 1.47 bits per heavy atom. The molecule has 1 unspecified atom stereocenters. The monoisotopic (exact) mass is 788 g/mol. The molecule has 2 aromatic rings. The van der Waals surface area contributed by atoms with Gasteiger partial charge in [-0.1, -0.05) is 52.9 Å². The molecule has 1 heterocycles. The molecule has 47 heavy (non-hydrogen) atoms. The largest absolute Gasteiger partial charge is 0.466 e. The first-order valence-corrected chi connectivity index (χ1v) is 17.0.